The molecule has 1 aromatic heterocycles. The molecule has 138 valence electrons. The largest absolute Gasteiger partial charge is 0.462 e. The third-order valence-corrected chi connectivity index (χ3v) is 4.30. The fraction of sp³-hybridized carbons (Fsp3) is 0.143. The minimum absolute atomic E-state index is 0.208. The van der Waals surface area contributed by atoms with Gasteiger partial charge in [0, 0.05) is 15.7 Å². The smallest absolute Gasteiger partial charge is 0.338 e. The first-order chi connectivity index (χ1) is 13.1. The Bertz CT molecular complexity index is 930. The zero-order valence-electron chi connectivity index (χ0n) is 14.7. The number of rotatable bonds is 6. The van der Waals surface area contributed by atoms with E-state index in [0.29, 0.717) is 23.6 Å². The first kappa shape index (κ1) is 18.9. The average Bonchev–Trinajstić information content (AvgIpc) is 3.17. The molecule has 0 saturated carbocycles. The number of anilines is 1. The van der Waals surface area contributed by atoms with Crippen molar-refractivity contribution in [2.75, 3.05) is 11.9 Å². The van der Waals surface area contributed by atoms with Crippen molar-refractivity contribution in [1.82, 2.24) is 0 Å². The lowest BCUT2D eigenvalue weighted by molar-refractivity contribution is 0.0505. The molecule has 0 spiro atoms. The maximum atomic E-state index is 12.4. The normalized spacial score (nSPS) is 10.4. The van der Waals surface area contributed by atoms with Crippen LogP contribution in [0.2, 0.25) is 0 Å². The van der Waals surface area contributed by atoms with Crippen LogP contribution in [0.25, 0.3) is 11.3 Å². The van der Waals surface area contributed by atoms with Crippen LogP contribution in [0.5, 0.6) is 0 Å². The number of benzene rings is 2. The second kappa shape index (κ2) is 8.68. The van der Waals surface area contributed by atoms with Crippen molar-refractivity contribution >= 4 is 33.5 Å². The number of furan rings is 1. The van der Waals surface area contributed by atoms with Crippen molar-refractivity contribution in [2.24, 2.45) is 0 Å². The Morgan fingerprint density at radius 1 is 1.00 bits per heavy atom. The van der Waals surface area contributed by atoms with E-state index in [1.165, 1.54) is 0 Å². The monoisotopic (exact) mass is 427 g/mol. The molecular formula is C21H18BrNO4. The molecule has 0 bridgehead atoms. The van der Waals surface area contributed by atoms with Crippen molar-refractivity contribution in [3.8, 4) is 11.3 Å². The topological polar surface area (TPSA) is 68.5 Å². The molecule has 0 fully saturated rings. The zero-order chi connectivity index (χ0) is 19.2. The lowest BCUT2D eigenvalue weighted by Gasteiger charge is -2.06. The molecule has 3 rings (SSSR count). The molecule has 6 heteroatoms. The second-order valence-electron chi connectivity index (χ2n) is 5.84. The van der Waals surface area contributed by atoms with E-state index in [-0.39, 0.29) is 17.6 Å². The zero-order valence-corrected chi connectivity index (χ0v) is 16.3. The molecule has 0 radical (unpaired) electrons. The number of hydrogen-bond acceptors (Lipinski definition) is 4. The first-order valence-electron chi connectivity index (χ1n) is 8.51. The van der Waals surface area contributed by atoms with E-state index in [2.05, 4.69) is 21.2 Å². The van der Waals surface area contributed by atoms with Crippen molar-refractivity contribution < 1.29 is 18.7 Å². The summed E-state index contributed by atoms with van der Waals surface area (Å²) in [4.78, 5) is 24.2. The Kier molecular flexibility index (Phi) is 6.08. The van der Waals surface area contributed by atoms with Crippen LogP contribution < -0.4 is 5.32 Å². The van der Waals surface area contributed by atoms with Crippen LogP contribution >= 0.6 is 15.9 Å². The van der Waals surface area contributed by atoms with Crippen molar-refractivity contribution in [3.05, 3.63) is 76.5 Å². The predicted molar refractivity (Wildman–Crippen MR) is 107 cm³/mol. The third-order valence-electron chi connectivity index (χ3n) is 3.77. The Morgan fingerprint density at radius 2 is 1.70 bits per heavy atom. The van der Waals surface area contributed by atoms with Gasteiger partial charge in [-0.25, -0.2) is 4.79 Å². The van der Waals surface area contributed by atoms with Crippen LogP contribution in [0.1, 0.15) is 34.3 Å². The van der Waals surface area contributed by atoms with E-state index >= 15 is 0 Å². The lowest BCUT2D eigenvalue weighted by atomic mass is 10.2. The highest BCUT2D eigenvalue weighted by atomic mass is 79.9. The van der Waals surface area contributed by atoms with Gasteiger partial charge in [-0.3, -0.25) is 4.79 Å². The highest BCUT2D eigenvalue weighted by Gasteiger charge is 2.13. The molecule has 0 aliphatic heterocycles. The molecule has 27 heavy (non-hydrogen) atoms. The molecule has 5 nitrogen and oxygen atoms in total. The fourth-order valence-electron chi connectivity index (χ4n) is 2.39. The number of amides is 1. The molecule has 0 aliphatic carbocycles. The van der Waals surface area contributed by atoms with E-state index in [9.17, 15) is 9.59 Å². The number of carbonyl (C=O) groups is 2. The van der Waals surface area contributed by atoms with E-state index < -0.39 is 0 Å². The summed E-state index contributed by atoms with van der Waals surface area (Å²) in [6, 6.07) is 17.5. The van der Waals surface area contributed by atoms with Gasteiger partial charge in [-0.2, -0.15) is 0 Å². The van der Waals surface area contributed by atoms with Gasteiger partial charge in [0.2, 0.25) is 0 Å². The summed E-state index contributed by atoms with van der Waals surface area (Å²) in [7, 11) is 0. The van der Waals surface area contributed by atoms with Crippen LogP contribution in [0.15, 0.2) is 69.6 Å². The van der Waals surface area contributed by atoms with Crippen LogP contribution in [0.4, 0.5) is 5.69 Å². The van der Waals surface area contributed by atoms with Gasteiger partial charge in [0.05, 0.1) is 12.2 Å². The summed E-state index contributed by atoms with van der Waals surface area (Å²) in [6.07, 6.45) is 0.769. The SMILES string of the molecule is CCCOC(=O)c1ccc(NC(=O)c2ccc(-c3ccc(Br)cc3)o2)cc1. The van der Waals surface area contributed by atoms with E-state index in [1.54, 1.807) is 36.4 Å². The van der Waals surface area contributed by atoms with Crippen molar-refractivity contribution in [1.29, 1.82) is 0 Å². The summed E-state index contributed by atoms with van der Waals surface area (Å²) >= 11 is 3.39. The molecule has 1 amide bonds. The van der Waals surface area contributed by atoms with Crippen molar-refractivity contribution in [2.45, 2.75) is 13.3 Å². The van der Waals surface area contributed by atoms with Crippen molar-refractivity contribution in [3.63, 3.8) is 0 Å². The lowest BCUT2D eigenvalue weighted by Crippen LogP contribution is -2.11. The number of hydrogen-bond donors (Lipinski definition) is 1. The standard InChI is InChI=1S/C21H18BrNO4/c1-2-13-26-21(25)15-5-9-17(10-6-15)23-20(24)19-12-11-18(27-19)14-3-7-16(22)8-4-14/h3-12H,2,13H2,1H3,(H,23,24). The Morgan fingerprint density at radius 3 is 2.37 bits per heavy atom. The van der Waals surface area contributed by atoms with Gasteiger partial charge in [-0.15, -0.1) is 0 Å². The number of nitrogens with one attached hydrogen (secondary N) is 1. The summed E-state index contributed by atoms with van der Waals surface area (Å²) in [5.41, 5.74) is 1.89. The van der Waals surface area contributed by atoms with Crippen LogP contribution in [-0.4, -0.2) is 18.5 Å². The minimum Gasteiger partial charge on any atom is -0.462 e. The summed E-state index contributed by atoms with van der Waals surface area (Å²) in [6.45, 7) is 2.32. The highest BCUT2D eigenvalue weighted by Crippen LogP contribution is 2.24. The minimum atomic E-state index is -0.375. The second-order valence-corrected chi connectivity index (χ2v) is 6.75. The maximum absolute atomic E-state index is 12.4. The molecule has 3 aromatic rings. The molecular weight excluding hydrogens is 410 g/mol. The van der Waals surface area contributed by atoms with Crippen LogP contribution in [-0.2, 0) is 4.74 Å². The summed E-state index contributed by atoms with van der Waals surface area (Å²) < 4.78 is 11.7. The van der Waals surface area contributed by atoms with Gasteiger partial charge in [0.15, 0.2) is 5.76 Å². The van der Waals surface area contributed by atoms with Gasteiger partial charge >= 0.3 is 5.97 Å². The van der Waals surface area contributed by atoms with E-state index in [4.69, 9.17) is 9.15 Å². The maximum Gasteiger partial charge on any atom is 0.338 e. The van der Waals surface area contributed by atoms with Gasteiger partial charge in [0.25, 0.3) is 5.91 Å². The average molecular weight is 428 g/mol. The number of carbonyl (C=O) groups excluding carboxylic acids is 2. The molecule has 2 aromatic carbocycles. The summed E-state index contributed by atoms with van der Waals surface area (Å²) in [5.74, 6) is 0.0839. The Balaban J connectivity index is 1.65. The van der Waals surface area contributed by atoms with Gasteiger partial charge in [-0.1, -0.05) is 35.0 Å². The quantitative estimate of drug-likeness (QED) is 0.525. The Hall–Kier alpha value is -2.86. The number of esters is 1. The highest BCUT2D eigenvalue weighted by molar-refractivity contribution is 9.10. The molecule has 0 saturated heterocycles. The van der Waals surface area contributed by atoms with E-state index in [1.807, 2.05) is 31.2 Å². The van der Waals surface area contributed by atoms with Crippen LogP contribution in [0, 0.1) is 0 Å². The molecule has 1 N–H and O–H groups in total. The number of ether oxygens (including phenoxy) is 1. The van der Waals surface area contributed by atoms with Crippen LogP contribution in [0.3, 0.4) is 0 Å². The Labute approximate surface area is 165 Å². The molecule has 0 unspecified atom stereocenters. The van der Waals surface area contributed by atoms with Gasteiger partial charge in [0.1, 0.15) is 5.76 Å². The van der Waals surface area contributed by atoms with E-state index in [0.717, 1.165) is 16.5 Å². The molecule has 0 aliphatic rings. The fourth-order valence-corrected chi connectivity index (χ4v) is 2.65. The number of halogens is 1. The molecule has 0 atom stereocenters. The first-order valence-corrected chi connectivity index (χ1v) is 9.30. The van der Waals surface area contributed by atoms with Gasteiger partial charge < -0.3 is 14.5 Å². The predicted octanol–water partition coefficient (Wildman–Crippen LogP) is 5.53. The van der Waals surface area contributed by atoms with Gasteiger partial charge in [-0.05, 0) is 55.0 Å². The molecule has 1 heterocycles. The third kappa shape index (κ3) is 4.86. The summed E-state index contributed by atoms with van der Waals surface area (Å²) in [5, 5.41) is 2.75.